The minimum atomic E-state index is -1.92. The summed E-state index contributed by atoms with van der Waals surface area (Å²) in [7, 11) is 0. The van der Waals surface area contributed by atoms with Crippen LogP contribution in [0.25, 0.3) is 0 Å². The first-order valence-corrected chi connectivity index (χ1v) is 32.8. The van der Waals surface area contributed by atoms with Crippen molar-refractivity contribution in [2.24, 2.45) is 0 Å². The van der Waals surface area contributed by atoms with Crippen molar-refractivity contribution in [1.82, 2.24) is 5.32 Å². The van der Waals surface area contributed by atoms with Crippen molar-refractivity contribution in [3.05, 3.63) is 0 Å². The number of hydrogen-bond donors (Lipinski definition) is 12. The first kappa shape index (κ1) is 74.0. The quantitative estimate of drug-likeness (QED) is 0.0269. The molecule has 3 rings (SSSR count). The van der Waals surface area contributed by atoms with E-state index < -0.39 is 131 Å². The molecule has 3 saturated heterocycles. The molecule has 480 valence electrons. The van der Waals surface area contributed by atoms with Crippen molar-refractivity contribution >= 4 is 5.91 Å². The molecule has 0 aromatic heterocycles. The number of ether oxygens (including phenoxy) is 6. The van der Waals surface area contributed by atoms with E-state index in [-0.39, 0.29) is 25.2 Å². The lowest BCUT2D eigenvalue weighted by molar-refractivity contribution is -0.377. The Labute approximate surface area is 487 Å². The van der Waals surface area contributed by atoms with Gasteiger partial charge in [0.25, 0.3) is 0 Å². The van der Waals surface area contributed by atoms with E-state index in [0.29, 0.717) is 12.8 Å². The molecule has 0 spiro atoms. The molecule has 3 fully saturated rings. The van der Waals surface area contributed by atoms with Gasteiger partial charge >= 0.3 is 0 Å². The largest absolute Gasteiger partial charge is 0.394 e. The van der Waals surface area contributed by atoms with Crippen LogP contribution in [-0.2, 0) is 33.2 Å². The van der Waals surface area contributed by atoms with Crippen molar-refractivity contribution in [3.63, 3.8) is 0 Å². The van der Waals surface area contributed by atoms with E-state index in [4.69, 9.17) is 28.4 Å². The molecule has 3 aliphatic rings. The van der Waals surface area contributed by atoms with Gasteiger partial charge in [-0.1, -0.05) is 232 Å². The van der Waals surface area contributed by atoms with Gasteiger partial charge in [-0.3, -0.25) is 4.79 Å². The van der Waals surface area contributed by atoms with Crippen molar-refractivity contribution in [3.8, 4) is 0 Å². The second kappa shape index (κ2) is 46.0. The molecule has 0 bridgehead atoms. The maximum Gasteiger partial charge on any atom is 0.220 e. The fraction of sp³-hybridized carbons (Fsp3) is 0.984. The van der Waals surface area contributed by atoms with E-state index in [1.807, 2.05) is 0 Å². The number of hydrogen-bond acceptors (Lipinski definition) is 18. The number of aliphatic hydroxyl groups excluding tert-OH is 11. The highest BCUT2D eigenvalue weighted by atomic mass is 16.8. The van der Waals surface area contributed by atoms with Crippen LogP contribution in [0.15, 0.2) is 0 Å². The molecule has 0 saturated carbocycles. The first-order valence-electron chi connectivity index (χ1n) is 32.8. The molecule has 0 aromatic rings. The maximum atomic E-state index is 13.4. The second-order valence-corrected chi connectivity index (χ2v) is 24.0. The Balaban J connectivity index is 1.46. The van der Waals surface area contributed by atoms with Gasteiger partial charge in [-0.2, -0.15) is 0 Å². The van der Waals surface area contributed by atoms with Crippen molar-refractivity contribution in [2.75, 3.05) is 26.4 Å². The molecule has 0 aliphatic carbocycles. The molecule has 0 aromatic carbocycles. The Morgan fingerprint density at radius 2 is 0.864 bits per heavy atom. The topological polar surface area (TPSA) is 307 Å². The van der Waals surface area contributed by atoms with Crippen LogP contribution in [0, 0.1) is 0 Å². The summed E-state index contributed by atoms with van der Waals surface area (Å²) in [6, 6.07) is -1.14. The normalized spacial score (nSPS) is 29.2. The highest BCUT2D eigenvalue weighted by Crippen LogP contribution is 2.33. The molecule has 0 unspecified atom stereocenters. The Morgan fingerprint density at radius 1 is 0.457 bits per heavy atom. The zero-order valence-corrected chi connectivity index (χ0v) is 50.3. The van der Waals surface area contributed by atoms with Gasteiger partial charge < -0.3 is 89.9 Å². The molecular weight excluding hydrogens is 1050 g/mol. The van der Waals surface area contributed by atoms with Crippen molar-refractivity contribution in [2.45, 2.75) is 362 Å². The molecule has 0 radical (unpaired) electrons. The van der Waals surface area contributed by atoms with E-state index in [1.54, 1.807) is 0 Å². The van der Waals surface area contributed by atoms with E-state index in [0.717, 1.165) is 38.5 Å². The van der Waals surface area contributed by atoms with E-state index >= 15 is 0 Å². The first-order chi connectivity index (χ1) is 39.3. The molecule has 3 heterocycles. The molecule has 3 aliphatic heterocycles. The number of aliphatic hydroxyl groups is 11. The SMILES string of the molecule is CCCCCCCCCCCCCCCCCCCCCCCCCC(=O)N[C@@H](CO[C@H]1O[C@H](CO)[C@@H](O[C@@H]2O[C@H](CO)[C@H](O)[C@H](O[C@H]3O[C@H](CO)C[C@H](O)[C@H]3O)[C@H]2O)[C@H](O)[C@H]1O)[C@H](O)[C@H](O)CCCCCCCCCCCCCC. The lowest BCUT2D eigenvalue weighted by Crippen LogP contribution is -2.66. The van der Waals surface area contributed by atoms with Crippen LogP contribution in [-0.4, -0.2) is 193 Å². The molecule has 1 amide bonds. The highest BCUT2D eigenvalue weighted by molar-refractivity contribution is 5.76. The lowest BCUT2D eigenvalue weighted by Gasteiger charge is -2.48. The van der Waals surface area contributed by atoms with Gasteiger partial charge in [-0.05, 0) is 12.8 Å². The standard InChI is InChI=1S/C62H119NO18/c1-3-5-7-9-11-13-15-17-18-19-20-21-22-23-24-25-26-27-29-31-33-35-37-39-51(69)63-46(52(70)47(67)38-36-34-32-30-28-16-14-12-10-8-6-4-2)44-76-60-56(74)55(73)58(50(43-66)79-60)80-62-57(75)59(54(72)49(42-65)78-62)81-61-53(71)48(68)40-45(41-64)77-61/h45-50,52-62,64-68,70-75H,3-44H2,1-2H3,(H,63,69)/t45-,46-,47+,48-,49+,50+,52-,53+,54-,55+,56+,57+,58+,59-,60-,61+,62-/m0/s1. The second-order valence-electron chi connectivity index (χ2n) is 24.0. The number of rotatable bonds is 50. The summed E-state index contributed by atoms with van der Waals surface area (Å²) in [4.78, 5) is 13.4. The molecular formula is C62H119NO18. The summed E-state index contributed by atoms with van der Waals surface area (Å²) in [5, 5.41) is 122. The van der Waals surface area contributed by atoms with Gasteiger partial charge in [0.2, 0.25) is 5.91 Å². The summed E-state index contributed by atoms with van der Waals surface area (Å²) < 4.78 is 34.5. The Hall–Kier alpha value is -1.21. The van der Waals surface area contributed by atoms with Crippen molar-refractivity contribution < 1.29 is 89.4 Å². The number of unbranched alkanes of at least 4 members (excludes halogenated alkanes) is 33. The summed E-state index contributed by atoms with van der Waals surface area (Å²) in [6.07, 6.45) is 17.9. The number of carbonyl (C=O) groups excluding carboxylic acids is 1. The Morgan fingerprint density at radius 3 is 1.31 bits per heavy atom. The van der Waals surface area contributed by atoms with Gasteiger partial charge in [0.1, 0.15) is 61.0 Å². The smallest absolute Gasteiger partial charge is 0.220 e. The summed E-state index contributed by atoms with van der Waals surface area (Å²) in [5.74, 6) is -0.343. The van der Waals surface area contributed by atoms with E-state index in [1.165, 1.54) is 173 Å². The molecule has 12 N–H and O–H groups in total. The fourth-order valence-corrected chi connectivity index (χ4v) is 11.5. The van der Waals surface area contributed by atoms with Gasteiger partial charge in [-0.15, -0.1) is 0 Å². The lowest BCUT2D eigenvalue weighted by atomic mass is 9.96. The van der Waals surface area contributed by atoms with Crippen molar-refractivity contribution in [1.29, 1.82) is 0 Å². The van der Waals surface area contributed by atoms with Crippen LogP contribution >= 0.6 is 0 Å². The van der Waals surface area contributed by atoms with Crippen LogP contribution in [0.1, 0.15) is 258 Å². The van der Waals surface area contributed by atoms with Crippen LogP contribution in [0.2, 0.25) is 0 Å². The number of carbonyl (C=O) groups is 1. The fourth-order valence-electron chi connectivity index (χ4n) is 11.5. The average molecular weight is 1170 g/mol. The monoisotopic (exact) mass is 1170 g/mol. The summed E-state index contributed by atoms with van der Waals surface area (Å²) in [6.45, 7) is 1.88. The molecule has 19 heteroatoms. The zero-order chi connectivity index (χ0) is 59.0. The van der Waals surface area contributed by atoms with Crippen LogP contribution in [0.4, 0.5) is 0 Å². The summed E-state index contributed by atoms with van der Waals surface area (Å²) >= 11 is 0. The molecule has 81 heavy (non-hydrogen) atoms. The van der Waals surface area contributed by atoms with Gasteiger partial charge in [0.15, 0.2) is 18.9 Å². The maximum absolute atomic E-state index is 13.4. The van der Waals surface area contributed by atoms with Crippen LogP contribution in [0.5, 0.6) is 0 Å². The Kier molecular flexibility index (Phi) is 42.1. The molecule has 19 nitrogen and oxygen atoms in total. The summed E-state index contributed by atoms with van der Waals surface area (Å²) in [5.41, 5.74) is 0. The predicted octanol–water partition coefficient (Wildman–Crippen LogP) is 7.16. The third-order valence-corrected chi connectivity index (χ3v) is 16.9. The third kappa shape index (κ3) is 29.8. The van der Waals surface area contributed by atoms with Gasteiger partial charge in [-0.25, -0.2) is 0 Å². The van der Waals surface area contributed by atoms with Gasteiger partial charge in [0, 0.05) is 12.8 Å². The Bertz CT molecular complexity index is 1490. The number of amides is 1. The van der Waals surface area contributed by atoms with Crippen LogP contribution in [0.3, 0.4) is 0 Å². The number of nitrogens with one attached hydrogen (secondary N) is 1. The zero-order valence-electron chi connectivity index (χ0n) is 50.3. The van der Waals surface area contributed by atoms with Crippen LogP contribution < -0.4 is 5.32 Å². The molecule has 17 atom stereocenters. The third-order valence-electron chi connectivity index (χ3n) is 16.9. The minimum absolute atomic E-state index is 0.117. The minimum Gasteiger partial charge on any atom is -0.394 e. The van der Waals surface area contributed by atoms with E-state index in [9.17, 15) is 61.0 Å². The predicted molar refractivity (Wildman–Crippen MR) is 310 cm³/mol. The average Bonchev–Trinajstić information content (AvgIpc) is 3.50. The highest BCUT2D eigenvalue weighted by Gasteiger charge is 2.53. The van der Waals surface area contributed by atoms with E-state index in [2.05, 4.69) is 19.2 Å². The van der Waals surface area contributed by atoms with Gasteiger partial charge in [0.05, 0.1) is 50.8 Å².